The number of rotatable bonds is 4. The van der Waals surface area contributed by atoms with Crippen molar-refractivity contribution in [3.8, 4) is 5.75 Å². The number of hydrogen-bond donors (Lipinski definition) is 0. The lowest BCUT2D eigenvalue weighted by atomic mass is 10.1. The molecule has 0 bridgehead atoms. The second-order valence-electron chi connectivity index (χ2n) is 4.43. The molecule has 0 aliphatic rings. The normalized spacial score (nSPS) is 11.1. The molecule has 1 aromatic heterocycles. The molecule has 0 N–H and O–H groups in total. The van der Waals surface area contributed by atoms with Gasteiger partial charge >= 0.3 is 0 Å². The van der Waals surface area contributed by atoms with Gasteiger partial charge in [-0.25, -0.2) is 0 Å². The third-order valence-corrected chi connectivity index (χ3v) is 3.11. The first-order valence-electron chi connectivity index (χ1n) is 6.37. The number of hydrogen-bond acceptors (Lipinski definition) is 4. The largest absolute Gasteiger partial charge is 0.491 e. The SMILES string of the molecule is COCCOc1ccc2c(=O)c3ccccc3oc2c1. The van der Waals surface area contributed by atoms with Crippen molar-refractivity contribution in [2.75, 3.05) is 20.3 Å². The minimum Gasteiger partial charge on any atom is -0.491 e. The molecule has 20 heavy (non-hydrogen) atoms. The standard InChI is InChI=1S/C16H14O4/c1-18-8-9-19-11-6-7-13-15(10-11)20-14-5-3-2-4-12(14)16(13)17/h2-7,10H,8-9H2,1H3. The van der Waals surface area contributed by atoms with Crippen LogP contribution in [0.4, 0.5) is 0 Å². The first-order chi connectivity index (χ1) is 9.79. The molecule has 0 radical (unpaired) electrons. The highest BCUT2D eigenvalue weighted by molar-refractivity contribution is 5.90. The van der Waals surface area contributed by atoms with E-state index in [1.54, 1.807) is 37.4 Å². The van der Waals surface area contributed by atoms with Gasteiger partial charge in [-0.15, -0.1) is 0 Å². The molecule has 0 spiro atoms. The lowest BCUT2D eigenvalue weighted by Crippen LogP contribution is -2.05. The molecule has 0 saturated heterocycles. The summed E-state index contributed by atoms with van der Waals surface area (Å²) >= 11 is 0. The van der Waals surface area contributed by atoms with Crippen molar-refractivity contribution in [1.29, 1.82) is 0 Å². The second kappa shape index (κ2) is 5.35. The quantitative estimate of drug-likeness (QED) is 0.540. The van der Waals surface area contributed by atoms with E-state index < -0.39 is 0 Å². The molecular formula is C16H14O4. The maximum absolute atomic E-state index is 12.3. The Morgan fingerprint density at radius 3 is 2.65 bits per heavy atom. The van der Waals surface area contributed by atoms with E-state index in [1.165, 1.54) is 0 Å². The van der Waals surface area contributed by atoms with Crippen molar-refractivity contribution in [3.63, 3.8) is 0 Å². The monoisotopic (exact) mass is 270 g/mol. The number of fused-ring (bicyclic) bond motifs is 2. The average Bonchev–Trinajstić information content (AvgIpc) is 2.48. The molecule has 0 atom stereocenters. The Morgan fingerprint density at radius 1 is 1.00 bits per heavy atom. The summed E-state index contributed by atoms with van der Waals surface area (Å²) in [7, 11) is 1.62. The molecule has 0 amide bonds. The number of benzene rings is 2. The van der Waals surface area contributed by atoms with Gasteiger partial charge in [-0.05, 0) is 24.3 Å². The first kappa shape index (κ1) is 12.7. The van der Waals surface area contributed by atoms with Gasteiger partial charge in [0.15, 0.2) is 0 Å². The maximum Gasteiger partial charge on any atom is 0.200 e. The van der Waals surface area contributed by atoms with Crippen LogP contribution in [0.3, 0.4) is 0 Å². The fraction of sp³-hybridized carbons (Fsp3) is 0.188. The Hall–Kier alpha value is -2.33. The van der Waals surface area contributed by atoms with Gasteiger partial charge in [0.2, 0.25) is 5.43 Å². The van der Waals surface area contributed by atoms with Crippen LogP contribution < -0.4 is 10.2 Å². The van der Waals surface area contributed by atoms with Crippen molar-refractivity contribution in [3.05, 3.63) is 52.7 Å². The Bertz CT molecular complexity index is 804. The molecule has 102 valence electrons. The predicted molar refractivity (Wildman–Crippen MR) is 77.4 cm³/mol. The summed E-state index contributed by atoms with van der Waals surface area (Å²) in [5, 5.41) is 1.15. The van der Waals surface area contributed by atoms with Crippen molar-refractivity contribution in [1.82, 2.24) is 0 Å². The van der Waals surface area contributed by atoms with Crippen LogP contribution in [-0.2, 0) is 4.74 Å². The van der Waals surface area contributed by atoms with Gasteiger partial charge in [0.05, 0.1) is 17.4 Å². The van der Waals surface area contributed by atoms with Crippen LogP contribution >= 0.6 is 0 Å². The molecule has 4 heteroatoms. The second-order valence-corrected chi connectivity index (χ2v) is 4.43. The molecule has 0 aliphatic carbocycles. The molecule has 1 heterocycles. The van der Waals surface area contributed by atoms with Gasteiger partial charge in [-0.3, -0.25) is 4.79 Å². The topological polar surface area (TPSA) is 48.7 Å². The van der Waals surface area contributed by atoms with E-state index in [4.69, 9.17) is 13.9 Å². The molecule has 0 saturated carbocycles. The molecule has 0 fully saturated rings. The van der Waals surface area contributed by atoms with Crippen LogP contribution in [0.2, 0.25) is 0 Å². The van der Waals surface area contributed by atoms with Gasteiger partial charge in [0, 0.05) is 13.2 Å². The third kappa shape index (κ3) is 2.26. The van der Waals surface area contributed by atoms with Gasteiger partial charge < -0.3 is 13.9 Å². The lowest BCUT2D eigenvalue weighted by Gasteiger charge is -2.06. The van der Waals surface area contributed by atoms with Crippen LogP contribution in [0.1, 0.15) is 0 Å². The van der Waals surface area contributed by atoms with E-state index in [1.807, 2.05) is 12.1 Å². The fourth-order valence-corrected chi connectivity index (χ4v) is 2.11. The zero-order valence-corrected chi connectivity index (χ0v) is 11.1. The molecule has 3 rings (SSSR count). The highest BCUT2D eigenvalue weighted by Crippen LogP contribution is 2.22. The van der Waals surface area contributed by atoms with Gasteiger partial charge in [-0.1, -0.05) is 12.1 Å². The fourth-order valence-electron chi connectivity index (χ4n) is 2.11. The van der Waals surface area contributed by atoms with E-state index in [0.717, 1.165) is 0 Å². The lowest BCUT2D eigenvalue weighted by molar-refractivity contribution is 0.146. The molecule has 0 aliphatic heterocycles. The molecule has 0 unspecified atom stereocenters. The van der Waals surface area contributed by atoms with Gasteiger partial charge in [-0.2, -0.15) is 0 Å². The number of para-hydroxylation sites is 1. The summed E-state index contributed by atoms with van der Waals surface area (Å²) in [5.74, 6) is 0.660. The van der Waals surface area contributed by atoms with Crippen molar-refractivity contribution < 1.29 is 13.9 Å². The summed E-state index contributed by atoms with van der Waals surface area (Å²) in [5.41, 5.74) is 1.09. The Morgan fingerprint density at radius 2 is 1.80 bits per heavy atom. The van der Waals surface area contributed by atoms with E-state index in [2.05, 4.69) is 0 Å². The van der Waals surface area contributed by atoms with Crippen LogP contribution in [0.25, 0.3) is 21.9 Å². The minimum atomic E-state index is -0.0229. The van der Waals surface area contributed by atoms with E-state index in [-0.39, 0.29) is 5.43 Å². The van der Waals surface area contributed by atoms with Crippen molar-refractivity contribution in [2.24, 2.45) is 0 Å². The number of methoxy groups -OCH3 is 1. The number of ether oxygens (including phenoxy) is 2. The van der Waals surface area contributed by atoms with Crippen LogP contribution in [0.5, 0.6) is 5.75 Å². The molecule has 4 nitrogen and oxygen atoms in total. The van der Waals surface area contributed by atoms with Crippen LogP contribution in [-0.4, -0.2) is 20.3 Å². The molecular weight excluding hydrogens is 256 g/mol. The van der Waals surface area contributed by atoms with Gasteiger partial charge in [0.25, 0.3) is 0 Å². The Balaban J connectivity index is 2.10. The smallest absolute Gasteiger partial charge is 0.200 e. The van der Waals surface area contributed by atoms with Crippen LogP contribution in [0, 0.1) is 0 Å². The summed E-state index contributed by atoms with van der Waals surface area (Å²) in [4.78, 5) is 12.3. The van der Waals surface area contributed by atoms with E-state index in [0.29, 0.717) is 40.9 Å². The summed E-state index contributed by atoms with van der Waals surface area (Å²) < 4.78 is 16.2. The van der Waals surface area contributed by atoms with Crippen molar-refractivity contribution >= 4 is 21.9 Å². The van der Waals surface area contributed by atoms with E-state index >= 15 is 0 Å². The summed E-state index contributed by atoms with van der Waals surface area (Å²) in [6.45, 7) is 0.972. The third-order valence-electron chi connectivity index (χ3n) is 3.11. The maximum atomic E-state index is 12.3. The summed E-state index contributed by atoms with van der Waals surface area (Å²) in [6, 6.07) is 12.5. The average molecular weight is 270 g/mol. The van der Waals surface area contributed by atoms with Crippen molar-refractivity contribution in [2.45, 2.75) is 0 Å². The predicted octanol–water partition coefficient (Wildman–Crippen LogP) is 2.97. The van der Waals surface area contributed by atoms with E-state index in [9.17, 15) is 4.79 Å². The summed E-state index contributed by atoms with van der Waals surface area (Å²) in [6.07, 6.45) is 0. The Kier molecular flexibility index (Phi) is 3.39. The molecule has 3 aromatic rings. The highest BCUT2D eigenvalue weighted by Gasteiger charge is 2.08. The first-order valence-corrected chi connectivity index (χ1v) is 6.37. The van der Waals surface area contributed by atoms with Gasteiger partial charge in [0.1, 0.15) is 23.5 Å². The zero-order chi connectivity index (χ0) is 13.9. The minimum absolute atomic E-state index is 0.0229. The Labute approximate surface area is 115 Å². The van der Waals surface area contributed by atoms with Crippen LogP contribution in [0.15, 0.2) is 51.7 Å². The molecule has 2 aromatic carbocycles. The highest BCUT2D eigenvalue weighted by atomic mass is 16.5. The zero-order valence-electron chi connectivity index (χ0n) is 11.1.